The molecule has 0 saturated heterocycles. The first-order chi connectivity index (χ1) is 15.7. The van der Waals surface area contributed by atoms with Crippen LogP contribution in [0.3, 0.4) is 0 Å². The van der Waals surface area contributed by atoms with Crippen molar-refractivity contribution in [2.24, 2.45) is 7.05 Å². The van der Waals surface area contributed by atoms with Crippen LogP contribution in [0.4, 0.5) is 17.6 Å². The van der Waals surface area contributed by atoms with E-state index in [9.17, 15) is 22.1 Å². The molecule has 1 aromatic carbocycles. The standard InChI is InChI=1S/C23H16F4N4OS/c1-3-33(32)19-10-9-16(8-7-14-5-4-6-15(24)11-14)29-21(19)22-30-17-12-20(23(25,26)27)28-13-18(17)31(22)2/h4-6,9-13H,3H2,1-2H3. The van der Waals surface area contributed by atoms with Gasteiger partial charge in [-0.3, -0.25) is 0 Å². The number of pyridine rings is 2. The van der Waals surface area contributed by atoms with Gasteiger partial charge in [0.05, 0.1) is 17.2 Å². The van der Waals surface area contributed by atoms with Gasteiger partial charge in [0.25, 0.3) is 0 Å². The fraction of sp³-hybridized carbons (Fsp3) is 0.174. The van der Waals surface area contributed by atoms with Crippen LogP contribution < -0.4 is 0 Å². The summed E-state index contributed by atoms with van der Waals surface area (Å²) in [6, 6.07) is 9.83. The maximum Gasteiger partial charge on any atom is 0.433 e. The number of hydrogen-bond donors (Lipinski definition) is 0. The Kier molecular flexibility index (Phi) is 6.10. The van der Waals surface area contributed by atoms with E-state index in [0.717, 1.165) is 12.3 Å². The van der Waals surface area contributed by atoms with Crippen LogP contribution in [0.25, 0.3) is 22.6 Å². The zero-order chi connectivity index (χ0) is 23.8. The van der Waals surface area contributed by atoms with Crippen molar-refractivity contribution in [3.63, 3.8) is 0 Å². The van der Waals surface area contributed by atoms with Gasteiger partial charge in [0, 0.05) is 12.6 Å². The molecule has 0 aliphatic carbocycles. The van der Waals surface area contributed by atoms with Gasteiger partial charge >= 0.3 is 6.18 Å². The number of alkyl halides is 3. The molecule has 10 heteroatoms. The number of nitrogens with zero attached hydrogens (tertiary/aromatic N) is 4. The number of imidazole rings is 1. The number of benzene rings is 1. The zero-order valence-corrected chi connectivity index (χ0v) is 18.3. The smallest absolute Gasteiger partial charge is 0.433 e. The maximum absolute atomic E-state index is 13.4. The minimum atomic E-state index is -4.61. The predicted octanol–water partition coefficient (Wildman–Crippen LogP) is 4.72. The highest BCUT2D eigenvalue weighted by Gasteiger charge is 2.33. The van der Waals surface area contributed by atoms with Gasteiger partial charge in [-0.05, 0) is 60.4 Å². The van der Waals surface area contributed by atoms with E-state index in [1.54, 1.807) is 36.7 Å². The van der Waals surface area contributed by atoms with Gasteiger partial charge in [-0.2, -0.15) is 13.2 Å². The van der Waals surface area contributed by atoms with E-state index >= 15 is 0 Å². The number of fused-ring (bicyclic) bond motifs is 1. The lowest BCUT2D eigenvalue weighted by atomic mass is 10.2. The molecule has 4 rings (SSSR count). The van der Waals surface area contributed by atoms with E-state index < -0.39 is 28.9 Å². The minimum absolute atomic E-state index is 0.0844. The SMILES string of the molecule is CC[S+]([O-])c1ccc(C#Cc2cccc(F)c2)nc1-c1nc2cc(C(F)(F)F)ncc2n1C. The van der Waals surface area contributed by atoms with Gasteiger partial charge in [-0.15, -0.1) is 0 Å². The van der Waals surface area contributed by atoms with E-state index in [2.05, 4.69) is 26.8 Å². The Morgan fingerprint density at radius 2 is 1.88 bits per heavy atom. The summed E-state index contributed by atoms with van der Waals surface area (Å²) in [7, 11) is 1.62. The molecule has 0 bridgehead atoms. The van der Waals surface area contributed by atoms with Crippen LogP contribution in [0.1, 0.15) is 23.9 Å². The molecule has 168 valence electrons. The fourth-order valence-corrected chi connectivity index (χ4v) is 4.06. The molecular formula is C23H16F4N4OS. The molecule has 33 heavy (non-hydrogen) atoms. The molecule has 1 unspecified atom stereocenters. The highest BCUT2D eigenvalue weighted by molar-refractivity contribution is 7.91. The number of aryl methyl sites for hydroxylation is 1. The summed E-state index contributed by atoms with van der Waals surface area (Å²) in [5.41, 5.74) is 0.402. The normalized spacial score (nSPS) is 12.5. The van der Waals surface area contributed by atoms with Crippen LogP contribution in [0.2, 0.25) is 0 Å². The van der Waals surface area contributed by atoms with Crippen molar-refractivity contribution >= 4 is 22.2 Å². The van der Waals surface area contributed by atoms with Crippen molar-refractivity contribution in [3.05, 3.63) is 71.4 Å². The summed E-state index contributed by atoms with van der Waals surface area (Å²) >= 11 is -1.41. The molecule has 0 N–H and O–H groups in total. The maximum atomic E-state index is 13.4. The van der Waals surface area contributed by atoms with E-state index in [0.29, 0.717) is 27.4 Å². The molecule has 4 aromatic rings. The molecule has 0 fully saturated rings. The third kappa shape index (κ3) is 4.69. The Balaban J connectivity index is 1.85. The molecule has 0 radical (unpaired) electrons. The van der Waals surface area contributed by atoms with Gasteiger partial charge in [-0.25, -0.2) is 19.3 Å². The molecular weight excluding hydrogens is 456 g/mol. The molecule has 0 aliphatic rings. The Hall–Kier alpha value is -3.42. The van der Waals surface area contributed by atoms with Gasteiger partial charge in [0.15, 0.2) is 16.4 Å². The molecule has 1 atom stereocenters. The Morgan fingerprint density at radius 1 is 1.09 bits per heavy atom. The first-order valence-corrected chi connectivity index (χ1v) is 11.1. The molecule has 0 saturated carbocycles. The Bertz CT molecular complexity index is 1410. The quantitative estimate of drug-likeness (QED) is 0.246. The van der Waals surface area contributed by atoms with Crippen LogP contribution >= 0.6 is 0 Å². The van der Waals surface area contributed by atoms with Gasteiger partial charge in [-0.1, -0.05) is 12.0 Å². The third-order valence-electron chi connectivity index (χ3n) is 4.79. The highest BCUT2D eigenvalue weighted by atomic mass is 32.2. The van der Waals surface area contributed by atoms with Crippen molar-refractivity contribution < 1.29 is 22.1 Å². The topological polar surface area (TPSA) is 66.7 Å². The third-order valence-corrected chi connectivity index (χ3v) is 6.14. The average Bonchev–Trinajstić information content (AvgIpc) is 3.12. The van der Waals surface area contributed by atoms with Crippen LogP contribution in [0.5, 0.6) is 0 Å². The molecule has 5 nitrogen and oxygen atoms in total. The first-order valence-electron chi connectivity index (χ1n) is 9.74. The Morgan fingerprint density at radius 3 is 2.58 bits per heavy atom. The number of hydrogen-bond acceptors (Lipinski definition) is 4. The number of aromatic nitrogens is 4. The monoisotopic (exact) mass is 472 g/mol. The van der Waals surface area contributed by atoms with Gasteiger partial charge < -0.3 is 9.12 Å². The van der Waals surface area contributed by atoms with Crippen molar-refractivity contribution in [3.8, 4) is 23.4 Å². The lowest BCUT2D eigenvalue weighted by Gasteiger charge is -2.12. The molecule has 0 spiro atoms. The summed E-state index contributed by atoms with van der Waals surface area (Å²) in [6.07, 6.45) is -3.51. The second-order valence-corrected chi connectivity index (χ2v) is 8.70. The van der Waals surface area contributed by atoms with Gasteiger partial charge in [0.1, 0.15) is 23.0 Å². The zero-order valence-electron chi connectivity index (χ0n) is 17.4. The summed E-state index contributed by atoms with van der Waals surface area (Å²) in [5, 5.41) is 0. The lowest BCUT2D eigenvalue weighted by Crippen LogP contribution is -2.09. The van der Waals surface area contributed by atoms with E-state index in [1.807, 2.05) is 0 Å². The average molecular weight is 472 g/mol. The van der Waals surface area contributed by atoms with Crippen LogP contribution in [-0.2, 0) is 24.4 Å². The largest absolute Gasteiger partial charge is 0.611 e. The van der Waals surface area contributed by atoms with Crippen LogP contribution in [-0.4, -0.2) is 29.8 Å². The lowest BCUT2D eigenvalue weighted by molar-refractivity contribution is -0.141. The molecule has 3 aromatic heterocycles. The van der Waals surface area contributed by atoms with Crippen molar-refractivity contribution in [1.82, 2.24) is 19.5 Å². The van der Waals surface area contributed by atoms with E-state index in [1.165, 1.54) is 18.2 Å². The number of rotatable bonds is 3. The molecule has 0 aliphatic heterocycles. The second-order valence-electron chi connectivity index (χ2n) is 6.99. The van der Waals surface area contributed by atoms with Crippen molar-refractivity contribution in [2.75, 3.05) is 5.75 Å². The van der Waals surface area contributed by atoms with E-state index in [-0.39, 0.29) is 17.0 Å². The highest BCUT2D eigenvalue weighted by Crippen LogP contribution is 2.32. The Labute approximate surface area is 189 Å². The molecule has 3 heterocycles. The summed E-state index contributed by atoms with van der Waals surface area (Å²) in [6.45, 7) is 1.74. The van der Waals surface area contributed by atoms with Crippen LogP contribution in [0.15, 0.2) is 53.6 Å². The van der Waals surface area contributed by atoms with Gasteiger partial charge in [0.2, 0.25) is 0 Å². The fourth-order valence-electron chi connectivity index (χ4n) is 3.17. The minimum Gasteiger partial charge on any atom is -0.611 e. The van der Waals surface area contributed by atoms with E-state index in [4.69, 9.17) is 0 Å². The summed E-state index contributed by atoms with van der Waals surface area (Å²) < 4.78 is 66.8. The summed E-state index contributed by atoms with van der Waals surface area (Å²) in [5.74, 6) is 5.78. The number of halogens is 4. The summed E-state index contributed by atoms with van der Waals surface area (Å²) in [4.78, 5) is 12.7. The molecule has 0 amide bonds. The predicted molar refractivity (Wildman–Crippen MR) is 116 cm³/mol. The first kappa shape index (κ1) is 22.8. The second kappa shape index (κ2) is 8.84. The van der Waals surface area contributed by atoms with Crippen molar-refractivity contribution in [1.29, 1.82) is 0 Å². The van der Waals surface area contributed by atoms with Crippen LogP contribution in [0, 0.1) is 17.7 Å². The van der Waals surface area contributed by atoms with Crippen molar-refractivity contribution in [2.45, 2.75) is 18.0 Å².